The first-order chi connectivity index (χ1) is 19.6. The molecule has 0 spiro atoms. The van der Waals surface area contributed by atoms with Crippen LogP contribution in [-0.4, -0.2) is 46.3 Å². The minimum Gasteiger partial charge on any atom is -0.398 e. The van der Waals surface area contributed by atoms with Crippen molar-refractivity contribution in [2.75, 3.05) is 22.1 Å². The van der Waals surface area contributed by atoms with E-state index in [0.717, 1.165) is 5.69 Å². The minimum absolute atomic E-state index is 0.0610. The van der Waals surface area contributed by atoms with Crippen molar-refractivity contribution in [3.05, 3.63) is 102 Å². The average Bonchev–Trinajstić information content (AvgIpc) is 3.06. The van der Waals surface area contributed by atoms with Crippen molar-refractivity contribution in [3.63, 3.8) is 0 Å². The first-order valence-electron chi connectivity index (χ1n) is 13.9. The molecule has 4 N–H and O–H groups in total. The molecule has 41 heavy (non-hydrogen) atoms. The summed E-state index contributed by atoms with van der Waals surface area (Å²) >= 11 is 0. The Bertz CT molecular complexity index is 1400. The summed E-state index contributed by atoms with van der Waals surface area (Å²) in [5, 5.41) is 20.3. The van der Waals surface area contributed by atoms with E-state index in [9.17, 15) is 14.7 Å². The Hall–Kier alpha value is -4.43. The highest BCUT2D eigenvalue weighted by atomic mass is 16.3. The maximum atomic E-state index is 13.9. The van der Waals surface area contributed by atoms with Crippen LogP contribution in [0.1, 0.15) is 51.2 Å². The third-order valence-corrected chi connectivity index (χ3v) is 7.35. The van der Waals surface area contributed by atoms with Gasteiger partial charge in [0.15, 0.2) is 0 Å². The predicted molar refractivity (Wildman–Crippen MR) is 165 cm³/mol. The molecular formula is C33H39N5O3. The van der Waals surface area contributed by atoms with Gasteiger partial charge in [-0.1, -0.05) is 62.4 Å². The van der Waals surface area contributed by atoms with Gasteiger partial charge in [0.1, 0.15) is 6.23 Å². The third-order valence-electron chi connectivity index (χ3n) is 7.35. The smallest absolute Gasteiger partial charge is 0.246 e. The zero-order chi connectivity index (χ0) is 29.7. The molecule has 3 aromatic rings. The number of nitrogen functional groups attached to an aromatic ring is 1. The van der Waals surface area contributed by atoms with Crippen LogP contribution in [0.15, 0.2) is 91.3 Å². The number of carbonyl (C=O) groups is 2. The molecule has 2 atom stereocenters. The standard InChI is InChI=1S/C33H39N5O3/c1-22(2)24-14-16-26(17-15-24)38(23(3)4)31(39)21-36-18-19-37(25-10-6-5-7-11-25)33(41)28(32(36)40)20-30(35)27-12-8-9-13-29(27)34/h5-19,22-23,28,32,35,40H,20-21,34H2,1-4H3. The molecule has 8 heteroatoms. The summed E-state index contributed by atoms with van der Waals surface area (Å²) in [5.74, 6) is -1.25. The molecule has 214 valence electrons. The van der Waals surface area contributed by atoms with Gasteiger partial charge in [-0.15, -0.1) is 0 Å². The Kier molecular flexibility index (Phi) is 9.24. The number of carbonyl (C=O) groups excluding carboxylic acids is 2. The Labute approximate surface area is 242 Å². The SMILES string of the molecule is CC(C)c1ccc(N(C(=O)CN2C=CN(c3ccccc3)C(=O)C(CC(=N)c3ccccc3N)C2O)C(C)C)cc1. The molecule has 2 unspecified atom stereocenters. The van der Waals surface area contributed by atoms with Crippen LogP contribution in [0, 0.1) is 11.3 Å². The Morgan fingerprint density at radius 2 is 1.59 bits per heavy atom. The molecule has 0 saturated heterocycles. The zero-order valence-electron chi connectivity index (χ0n) is 24.1. The molecule has 1 aliphatic heterocycles. The first kappa shape index (κ1) is 29.6. The molecule has 1 heterocycles. The second-order valence-electron chi connectivity index (χ2n) is 10.9. The van der Waals surface area contributed by atoms with E-state index in [1.165, 1.54) is 15.4 Å². The molecule has 4 rings (SSSR count). The molecule has 8 nitrogen and oxygen atoms in total. The number of rotatable bonds is 9. The fourth-order valence-corrected chi connectivity index (χ4v) is 5.08. The fraction of sp³-hybridized carbons (Fsp3) is 0.303. The lowest BCUT2D eigenvalue weighted by atomic mass is 9.93. The van der Waals surface area contributed by atoms with Gasteiger partial charge in [-0.25, -0.2) is 0 Å². The maximum Gasteiger partial charge on any atom is 0.246 e. The largest absolute Gasteiger partial charge is 0.398 e. The highest BCUT2D eigenvalue weighted by Gasteiger charge is 2.38. The van der Waals surface area contributed by atoms with Gasteiger partial charge in [-0.3, -0.25) is 14.5 Å². The van der Waals surface area contributed by atoms with Gasteiger partial charge in [0.2, 0.25) is 11.8 Å². The van der Waals surface area contributed by atoms with Gasteiger partial charge >= 0.3 is 0 Å². The second kappa shape index (κ2) is 12.8. The number of para-hydroxylation sites is 2. The second-order valence-corrected chi connectivity index (χ2v) is 10.9. The van der Waals surface area contributed by atoms with Crippen LogP contribution in [-0.2, 0) is 9.59 Å². The van der Waals surface area contributed by atoms with E-state index in [-0.39, 0.29) is 36.5 Å². The summed E-state index contributed by atoms with van der Waals surface area (Å²) in [6.45, 7) is 7.97. The predicted octanol–water partition coefficient (Wildman–Crippen LogP) is 5.35. The van der Waals surface area contributed by atoms with Gasteiger partial charge in [0, 0.05) is 53.2 Å². The number of anilines is 3. The number of benzene rings is 3. The fourth-order valence-electron chi connectivity index (χ4n) is 5.08. The number of nitrogens with two attached hydrogens (primary N) is 1. The number of hydrogen-bond donors (Lipinski definition) is 3. The van der Waals surface area contributed by atoms with Crippen molar-refractivity contribution >= 4 is 34.6 Å². The number of amides is 2. The van der Waals surface area contributed by atoms with Crippen molar-refractivity contribution in [2.24, 2.45) is 5.92 Å². The van der Waals surface area contributed by atoms with Crippen molar-refractivity contribution < 1.29 is 14.7 Å². The highest BCUT2D eigenvalue weighted by Crippen LogP contribution is 2.29. The maximum absolute atomic E-state index is 13.9. The molecule has 0 aromatic heterocycles. The van der Waals surface area contributed by atoms with Crippen LogP contribution >= 0.6 is 0 Å². The van der Waals surface area contributed by atoms with Crippen molar-refractivity contribution in [2.45, 2.75) is 52.3 Å². The number of aliphatic hydroxyl groups is 1. The molecule has 1 aliphatic rings. The lowest BCUT2D eigenvalue weighted by Crippen LogP contribution is -2.48. The Balaban J connectivity index is 1.65. The zero-order valence-corrected chi connectivity index (χ0v) is 24.1. The normalized spacial score (nSPS) is 17.2. The number of aliphatic hydroxyl groups excluding tert-OH is 1. The Morgan fingerprint density at radius 1 is 0.951 bits per heavy atom. The molecule has 0 bridgehead atoms. The number of nitrogens with one attached hydrogen (secondary N) is 1. The molecule has 0 fully saturated rings. The lowest BCUT2D eigenvalue weighted by molar-refractivity contribution is -0.131. The van der Waals surface area contributed by atoms with E-state index in [4.69, 9.17) is 11.1 Å². The molecule has 0 aliphatic carbocycles. The summed E-state index contributed by atoms with van der Waals surface area (Å²) in [4.78, 5) is 32.2. The van der Waals surface area contributed by atoms with Crippen LogP contribution in [0.2, 0.25) is 0 Å². The molecule has 3 aromatic carbocycles. The lowest BCUT2D eigenvalue weighted by Gasteiger charge is -2.33. The van der Waals surface area contributed by atoms with E-state index < -0.39 is 12.1 Å². The topological polar surface area (TPSA) is 114 Å². The van der Waals surface area contributed by atoms with Crippen LogP contribution in [0.3, 0.4) is 0 Å². The van der Waals surface area contributed by atoms with Gasteiger partial charge < -0.3 is 26.0 Å². The summed E-state index contributed by atoms with van der Waals surface area (Å²) < 4.78 is 0. The summed E-state index contributed by atoms with van der Waals surface area (Å²) in [6, 6.07) is 23.9. The van der Waals surface area contributed by atoms with Gasteiger partial charge in [-0.05, 0) is 55.7 Å². The van der Waals surface area contributed by atoms with Crippen LogP contribution < -0.4 is 15.5 Å². The van der Waals surface area contributed by atoms with Gasteiger partial charge in [0.25, 0.3) is 0 Å². The summed E-state index contributed by atoms with van der Waals surface area (Å²) in [6.07, 6.45) is 1.74. The Morgan fingerprint density at radius 3 is 2.20 bits per heavy atom. The molecular weight excluding hydrogens is 514 g/mol. The van der Waals surface area contributed by atoms with E-state index in [2.05, 4.69) is 13.8 Å². The number of nitrogens with zero attached hydrogens (tertiary/aromatic N) is 3. The highest BCUT2D eigenvalue weighted by molar-refractivity contribution is 6.06. The first-order valence-corrected chi connectivity index (χ1v) is 13.9. The van der Waals surface area contributed by atoms with Crippen molar-refractivity contribution in [3.8, 4) is 0 Å². The van der Waals surface area contributed by atoms with Gasteiger partial charge in [0.05, 0.1) is 12.5 Å². The third kappa shape index (κ3) is 6.66. The van der Waals surface area contributed by atoms with Crippen molar-refractivity contribution in [1.82, 2.24) is 4.90 Å². The number of hydrogen-bond acceptors (Lipinski definition) is 6. The molecule has 2 amide bonds. The monoisotopic (exact) mass is 553 g/mol. The van der Waals surface area contributed by atoms with Gasteiger partial charge in [-0.2, -0.15) is 0 Å². The van der Waals surface area contributed by atoms with E-state index in [0.29, 0.717) is 22.9 Å². The van der Waals surface area contributed by atoms with Crippen LogP contribution in [0.5, 0.6) is 0 Å². The van der Waals surface area contributed by atoms with E-state index in [1.807, 2.05) is 56.3 Å². The summed E-state index contributed by atoms with van der Waals surface area (Å²) in [7, 11) is 0. The average molecular weight is 554 g/mol. The van der Waals surface area contributed by atoms with E-state index >= 15 is 0 Å². The molecule has 0 radical (unpaired) electrons. The quantitative estimate of drug-likeness (QED) is 0.244. The summed E-state index contributed by atoms with van der Waals surface area (Å²) in [5.41, 5.74) is 9.75. The van der Waals surface area contributed by atoms with Crippen LogP contribution in [0.4, 0.5) is 17.1 Å². The van der Waals surface area contributed by atoms with Crippen molar-refractivity contribution in [1.29, 1.82) is 5.41 Å². The minimum atomic E-state index is -1.35. The molecule has 0 saturated carbocycles. The van der Waals surface area contributed by atoms with E-state index in [1.54, 1.807) is 53.7 Å². The van der Waals surface area contributed by atoms with Crippen LogP contribution in [0.25, 0.3) is 0 Å².